The SMILES string of the molecule is CCSCCCCNC(=O)c1cccc2c1-c1nc-2nc2[n-]c(nc3nc(nc4[n-]c(n1)c1ccc(S)cc41)-c1cc(S)ccc1-3)c1c2CC=C(S)C1.[Cu+2]. The third-order valence-electron chi connectivity index (χ3n) is 9.45. The predicted octanol–water partition coefficient (Wildman–Crippen LogP) is 7.72. The molecule has 0 saturated heterocycles. The van der Waals surface area contributed by atoms with Crippen molar-refractivity contribution < 1.29 is 21.9 Å². The van der Waals surface area contributed by atoms with Crippen LogP contribution in [0.2, 0.25) is 0 Å². The molecular formula is C39H31CuN9OS4. The number of nitrogens with one attached hydrogen (secondary N) is 1. The summed E-state index contributed by atoms with van der Waals surface area (Å²) in [5, 5.41) is 4.63. The summed E-state index contributed by atoms with van der Waals surface area (Å²) in [6.07, 6.45) is 5.14. The first kappa shape index (κ1) is 36.8. The maximum atomic E-state index is 13.8. The molecule has 2 aliphatic heterocycles. The number of nitrogens with zero attached hydrogens (tertiary/aromatic N) is 8. The van der Waals surface area contributed by atoms with Crippen molar-refractivity contribution in [1.29, 1.82) is 0 Å². The molecule has 10 nitrogen and oxygen atoms in total. The van der Waals surface area contributed by atoms with Gasteiger partial charge in [0, 0.05) is 73.2 Å². The summed E-state index contributed by atoms with van der Waals surface area (Å²) in [6, 6.07) is 17.1. The molecule has 6 aromatic rings. The van der Waals surface area contributed by atoms with E-state index in [9.17, 15) is 4.79 Å². The number of carbonyl (C=O) groups excluding carboxylic acids is 1. The summed E-state index contributed by atoms with van der Waals surface area (Å²) in [5.41, 5.74) is 7.08. The van der Waals surface area contributed by atoms with Crippen LogP contribution in [-0.2, 0) is 29.9 Å². The van der Waals surface area contributed by atoms with Gasteiger partial charge in [-0.05, 0) is 87.9 Å². The number of unbranched alkanes of at least 4 members (excludes halogenated alkanes) is 1. The molecule has 15 heteroatoms. The van der Waals surface area contributed by atoms with Crippen LogP contribution < -0.4 is 15.3 Å². The molecular weight excluding hydrogens is 802 g/mol. The van der Waals surface area contributed by atoms with Crippen LogP contribution in [-0.4, -0.2) is 53.9 Å². The third kappa shape index (κ3) is 6.75. The van der Waals surface area contributed by atoms with Crippen molar-refractivity contribution in [1.82, 2.24) is 45.2 Å². The van der Waals surface area contributed by atoms with Crippen molar-refractivity contribution in [3.05, 3.63) is 82.3 Å². The van der Waals surface area contributed by atoms with E-state index in [2.05, 4.69) is 43.6 Å². The molecule has 5 heterocycles. The fourth-order valence-corrected chi connectivity index (χ4v) is 8.25. The zero-order chi connectivity index (χ0) is 36.2. The second-order valence-corrected chi connectivity index (χ2v) is 15.9. The van der Waals surface area contributed by atoms with E-state index in [0.29, 0.717) is 82.0 Å². The molecule has 8 bridgehead atoms. The summed E-state index contributed by atoms with van der Waals surface area (Å²) in [4.78, 5) is 56.3. The summed E-state index contributed by atoms with van der Waals surface area (Å²) in [6.45, 7) is 2.72. The molecule has 0 atom stereocenters. The van der Waals surface area contributed by atoms with Crippen molar-refractivity contribution >= 4 is 88.9 Å². The summed E-state index contributed by atoms with van der Waals surface area (Å²) < 4.78 is 0. The molecule has 0 saturated carbocycles. The van der Waals surface area contributed by atoms with E-state index < -0.39 is 0 Å². The Kier molecular flexibility index (Phi) is 10.4. The van der Waals surface area contributed by atoms with Crippen LogP contribution in [0.15, 0.2) is 75.4 Å². The van der Waals surface area contributed by atoms with Gasteiger partial charge in [0.05, 0.1) is 23.3 Å². The van der Waals surface area contributed by atoms with Gasteiger partial charge in [0.1, 0.15) is 0 Å². The first-order valence-electron chi connectivity index (χ1n) is 17.3. The zero-order valence-corrected chi connectivity index (χ0v) is 33.2. The van der Waals surface area contributed by atoms with Crippen molar-refractivity contribution in [2.45, 2.75) is 42.4 Å². The van der Waals surface area contributed by atoms with Gasteiger partial charge >= 0.3 is 17.1 Å². The topological polar surface area (TPSA) is 135 Å². The van der Waals surface area contributed by atoms with Crippen LogP contribution in [0, 0.1) is 0 Å². The number of benzene rings is 3. The van der Waals surface area contributed by atoms with Crippen LogP contribution in [0.25, 0.3) is 78.9 Å². The molecule has 1 amide bonds. The van der Waals surface area contributed by atoms with E-state index in [0.717, 1.165) is 72.1 Å². The number of thioether (sulfide) groups is 1. The number of carbonyl (C=O) groups is 1. The van der Waals surface area contributed by atoms with E-state index in [1.165, 1.54) is 0 Å². The minimum atomic E-state index is -0.194. The molecule has 3 aliphatic rings. The summed E-state index contributed by atoms with van der Waals surface area (Å²) in [7, 11) is 0. The summed E-state index contributed by atoms with van der Waals surface area (Å²) in [5.74, 6) is 3.63. The van der Waals surface area contributed by atoms with Crippen LogP contribution in [0.4, 0.5) is 0 Å². The molecule has 0 unspecified atom stereocenters. The van der Waals surface area contributed by atoms with Crippen LogP contribution in [0.5, 0.6) is 0 Å². The average Bonchev–Trinajstić information content (AvgIpc) is 3.87. The Hall–Kier alpha value is -4.11. The number of hydrogen-bond acceptors (Lipinski definition) is 11. The predicted molar refractivity (Wildman–Crippen MR) is 220 cm³/mol. The van der Waals surface area contributed by atoms with E-state index in [1.54, 1.807) is 6.07 Å². The van der Waals surface area contributed by atoms with E-state index in [4.69, 9.17) is 52.5 Å². The van der Waals surface area contributed by atoms with Gasteiger partial charge in [0.15, 0.2) is 0 Å². The molecule has 3 aromatic carbocycles. The third-order valence-corrected chi connectivity index (χ3v) is 11.3. The van der Waals surface area contributed by atoms with Crippen molar-refractivity contribution in [2.75, 3.05) is 18.1 Å². The van der Waals surface area contributed by atoms with Gasteiger partial charge < -0.3 is 35.2 Å². The number of amides is 1. The molecule has 1 radical (unpaired) electrons. The Balaban J connectivity index is 0.00000413. The largest absolute Gasteiger partial charge is 2.00 e. The zero-order valence-electron chi connectivity index (χ0n) is 28.8. The molecule has 0 fully saturated rings. The molecule has 1 N–H and O–H groups in total. The minimum Gasteiger partial charge on any atom is -0.358 e. The molecule has 0 spiro atoms. The number of hydrogen-bond donors (Lipinski definition) is 4. The smallest absolute Gasteiger partial charge is 0.358 e. The monoisotopic (exact) mass is 832 g/mol. The fraction of sp³-hybridized carbons (Fsp3) is 0.205. The van der Waals surface area contributed by atoms with Gasteiger partial charge in [-0.25, -0.2) is 9.97 Å². The van der Waals surface area contributed by atoms with E-state index >= 15 is 0 Å². The molecule has 3 aromatic heterocycles. The number of thiol groups is 3. The first-order chi connectivity index (χ1) is 25.8. The van der Waals surface area contributed by atoms with Gasteiger partial charge in [0.2, 0.25) is 0 Å². The Morgan fingerprint density at radius 2 is 1.43 bits per heavy atom. The molecule has 54 heavy (non-hydrogen) atoms. The minimum absolute atomic E-state index is 0. The van der Waals surface area contributed by atoms with E-state index in [1.807, 2.05) is 60.3 Å². The fourth-order valence-electron chi connectivity index (χ4n) is 6.89. The van der Waals surface area contributed by atoms with Gasteiger partial charge in [-0.1, -0.05) is 37.3 Å². The second kappa shape index (κ2) is 15.2. The van der Waals surface area contributed by atoms with E-state index in [-0.39, 0.29) is 23.0 Å². The number of fused-ring (bicyclic) bond motifs is 20. The Morgan fingerprint density at radius 3 is 2.28 bits per heavy atom. The Morgan fingerprint density at radius 1 is 0.741 bits per heavy atom. The first-order valence-corrected chi connectivity index (χ1v) is 19.8. The Bertz CT molecular complexity index is 2710. The Labute approximate surface area is 342 Å². The molecule has 9 rings (SSSR count). The van der Waals surface area contributed by atoms with Crippen LogP contribution in [0.1, 0.15) is 41.3 Å². The molecule has 273 valence electrons. The van der Waals surface area contributed by atoms with Crippen molar-refractivity contribution in [3.63, 3.8) is 0 Å². The van der Waals surface area contributed by atoms with Crippen molar-refractivity contribution in [2.24, 2.45) is 0 Å². The summed E-state index contributed by atoms with van der Waals surface area (Å²) >= 11 is 15.9. The second-order valence-electron chi connectivity index (χ2n) is 12.9. The van der Waals surface area contributed by atoms with Crippen molar-refractivity contribution in [3.8, 4) is 45.6 Å². The number of allylic oxidation sites excluding steroid dienone is 2. The number of aromatic nitrogens is 8. The maximum absolute atomic E-state index is 13.8. The van der Waals surface area contributed by atoms with Gasteiger partial charge in [-0.3, -0.25) is 4.79 Å². The van der Waals surface area contributed by atoms with Gasteiger partial charge in [-0.2, -0.15) is 11.8 Å². The van der Waals surface area contributed by atoms with Crippen LogP contribution >= 0.6 is 49.6 Å². The van der Waals surface area contributed by atoms with Gasteiger partial charge in [0.25, 0.3) is 5.91 Å². The maximum Gasteiger partial charge on any atom is 2.00 e. The average molecular weight is 834 g/mol. The quantitative estimate of drug-likeness (QED) is 0.0719. The number of rotatable bonds is 7. The normalized spacial score (nSPS) is 12.8. The standard InChI is InChI=1S/C39H32N9OS4.Cu/c1-2-53-15-4-3-14-40-39(49)26-7-5-6-25-30(26)38-47-33-24-13-10-21(52)18-29(24)37(45-33)46-36-28-17-20(51)9-12-23(28)32(44-36)43-35-27-16-19(50)8-11-22(27)31(42-35)41-34(25)48-38;/h5-10,12-13,17-18H,2-4,11,14-16H2,1H3,(H5-,40,41,42,43,44,45,46,47,48,49,50,51,52);/q-1;+2/p-1. The molecule has 1 aliphatic carbocycles. The van der Waals surface area contributed by atoms with Gasteiger partial charge in [-0.15, -0.1) is 37.9 Å². The van der Waals surface area contributed by atoms with Crippen LogP contribution in [0.3, 0.4) is 0 Å².